The van der Waals surface area contributed by atoms with Crippen LogP contribution >= 0.6 is 11.6 Å². The number of hydrogen-bond donors (Lipinski definition) is 1. The zero-order valence-electron chi connectivity index (χ0n) is 11.7. The molecule has 0 aromatic heterocycles. The normalized spacial score (nSPS) is 17.6. The monoisotopic (exact) mass is 313 g/mol. The van der Waals surface area contributed by atoms with Gasteiger partial charge in [0.2, 0.25) is 5.91 Å². The molecule has 0 saturated carbocycles. The van der Waals surface area contributed by atoms with E-state index in [2.05, 4.69) is 0 Å². The number of nitrogens with zero attached hydrogens (tertiary/aromatic N) is 1. The minimum absolute atomic E-state index is 0.102. The Bertz CT molecular complexity index is 548. The molecular weight excluding hydrogens is 297 g/mol. The maximum atomic E-state index is 13.7. The summed E-state index contributed by atoms with van der Waals surface area (Å²) >= 11 is 5.91. The van der Waals surface area contributed by atoms with Crippen LogP contribution in [0.4, 0.5) is 4.39 Å². The third-order valence-corrected chi connectivity index (χ3v) is 4.48. The second-order valence-electron chi connectivity index (χ2n) is 5.62. The zero-order valence-corrected chi connectivity index (χ0v) is 12.5. The molecule has 114 valence electrons. The van der Waals surface area contributed by atoms with Crippen LogP contribution in [0.2, 0.25) is 5.02 Å². The number of likely N-dealkylation sites (tertiary alicyclic amines) is 1. The summed E-state index contributed by atoms with van der Waals surface area (Å²) in [4.78, 5) is 24.9. The third kappa shape index (κ3) is 3.35. The number of piperidine rings is 1. The predicted octanol–water partition coefficient (Wildman–Crippen LogP) is 2.73. The molecule has 0 atom stereocenters. The molecule has 1 fully saturated rings. The maximum absolute atomic E-state index is 13.7. The number of benzene rings is 1. The lowest BCUT2D eigenvalue weighted by Crippen LogP contribution is -2.45. The first-order valence-electron chi connectivity index (χ1n) is 6.77. The van der Waals surface area contributed by atoms with E-state index in [1.807, 2.05) is 0 Å². The number of carbonyl (C=O) groups is 2. The minimum Gasteiger partial charge on any atom is -0.481 e. The first kappa shape index (κ1) is 15.8. The summed E-state index contributed by atoms with van der Waals surface area (Å²) in [5.41, 5.74) is -0.595. The SMILES string of the molecule is CC1(C(=O)O)CCN(C(=O)Cc2c(F)cccc2Cl)CC1. The summed E-state index contributed by atoms with van der Waals surface area (Å²) in [7, 11) is 0. The second-order valence-corrected chi connectivity index (χ2v) is 6.03. The van der Waals surface area contributed by atoms with Gasteiger partial charge in [0, 0.05) is 23.7 Å². The lowest BCUT2D eigenvalue weighted by molar-refractivity contribution is -0.152. The highest BCUT2D eigenvalue weighted by Gasteiger charge is 2.38. The third-order valence-electron chi connectivity index (χ3n) is 4.13. The molecule has 1 aliphatic rings. The van der Waals surface area contributed by atoms with Gasteiger partial charge in [0.15, 0.2) is 0 Å². The average molecular weight is 314 g/mol. The molecule has 1 saturated heterocycles. The average Bonchev–Trinajstić information content (AvgIpc) is 2.43. The van der Waals surface area contributed by atoms with Crippen molar-refractivity contribution in [1.82, 2.24) is 4.90 Å². The molecular formula is C15H17ClFNO3. The molecule has 1 aromatic rings. The van der Waals surface area contributed by atoms with Crippen LogP contribution in [0.15, 0.2) is 18.2 Å². The van der Waals surface area contributed by atoms with Gasteiger partial charge >= 0.3 is 5.97 Å². The summed E-state index contributed by atoms with van der Waals surface area (Å²) < 4.78 is 13.7. The van der Waals surface area contributed by atoms with Crippen molar-refractivity contribution in [3.8, 4) is 0 Å². The van der Waals surface area contributed by atoms with E-state index in [4.69, 9.17) is 16.7 Å². The standard InChI is InChI=1S/C15H17ClFNO3/c1-15(14(20)21)5-7-18(8-6-15)13(19)9-10-11(16)3-2-4-12(10)17/h2-4H,5-9H2,1H3,(H,20,21). The number of rotatable bonds is 3. The van der Waals surface area contributed by atoms with Crippen molar-refractivity contribution in [2.75, 3.05) is 13.1 Å². The fourth-order valence-electron chi connectivity index (χ4n) is 2.43. The van der Waals surface area contributed by atoms with Crippen LogP contribution in [0.3, 0.4) is 0 Å². The Morgan fingerprint density at radius 1 is 1.38 bits per heavy atom. The summed E-state index contributed by atoms with van der Waals surface area (Å²) in [5, 5.41) is 9.39. The predicted molar refractivity (Wildman–Crippen MR) is 76.7 cm³/mol. The Morgan fingerprint density at radius 2 is 2.00 bits per heavy atom. The lowest BCUT2D eigenvalue weighted by atomic mass is 9.80. The van der Waals surface area contributed by atoms with Crippen LogP contribution in [0.25, 0.3) is 0 Å². The van der Waals surface area contributed by atoms with E-state index < -0.39 is 17.2 Å². The van der Waals surface area contributed by atoms with Gasteiger partial charge in [-0.3, -0.25) is 9.59 Å². The highest BCUT2D eigenvalue weighted by molar-refractivity contribution is 6.31. The van der Waals surface area contributed by atoms with Gasteiger partial charge in [0.1, 0.15) is 5.82 Å². The number of amides is 1. The fraction of sp³-hybridized carbons (Fsp3) is 0.467. The van der Waals surface area contributed by atoms with Gasteiger partial charge in [-0.25, -0.2) is 4.39 Å². The lowest BCUT2D eigenvalue weighted by Gasteiger charge is -2.36. The smallest absolute Gasteiger partial charge is 0.309 e. The molecule has 0 radical (unpaired) electrons. The molecule has 0 spiro atoms. The van der Waals surface area contributed by atoms with Crippen molar-refractivity contribution in [3.05, 3.63) is 34.6 Å². The van der Waals surface area contributed by atoms with Crippen LogP contribution in [0.5, 0.6) is 0 Å². The van der Waals surface area contributed by atoms with Crippen molar-refractivity contribution < 1.29 is 19.1 Å². The van der Waals surface area contributed by atoms with Gasteiger partial charge in [-0.2, -0.15) is 0 Å². The summed E-state index contributed by atoms with van der Waals surface area (Å²) in [5.74, 6) is -1.57. The number of hydrogen-bond acceptors (Lipinski definition) is 2. The number of carboxylic acid groups (broad SMARTS) is 1. The molecule has 1 heterocycles. The topological polar surface area (TPSA) is 57.6 Å². The van der Waals surface area contributed by atoms with E-state index in [1.165, 1.54) is 12.1 Å². The van der Waals surface area contributed by atoms with Gasteiger partial charge in [0.05, 0.1) is 11.8 Å². The van der Waals surface area contributed by atoms with Crippen molar-refractivity contribution in [2.24, 2.45) is 5.41 Å². The Kier molecular flexibility index (Phi) is 4.52. The molecule has 1 amide bonds. The van der Waals surface area contributed by atoms with Gasteiger partial charge in [0.25, 0.3) is 0 Å². The highest BCUT2D eigenvalue weighted by atomic mass is 35.5. The molecule has 6 heteroatoms. The molecule has 1 aliphatic heterocycles. The first-order valence-corrected chi connectivity index (χ1v) is 7.15. The van der Waals surface area contributed by atoms with Crippen LogP contribution in [-0.4, -0.2) is 35.0 Å². The Labute approximate surface area is 127 Å². The molecule has 1 N–H and O–H groups in total. The number of halogens is 2. The number of carboxylic acids is 1. The summed E-state index contributed by atoms with van der Waals surface area (Å²) in [6.45, 7) is 2.42. The van der Waals surface area contributed by atoms with Gasteiger partial charge < -0.3 is 10.0 Å². The number of carbonyl (C=O) groups excluding carboxylic acids is 1. The molecule has 1 aromatic carbocycles. The van der Waals surface area contributed by atoms with E-state index in [9.17, 15) is 14.0 Å². The molecule has 4 nitrogen and oxygen atoms in total. The van der Waals surface area contributed by atoms with E-state index >= 15 is 0 Å². The maximum Gasteiger partial charge on any atom is 0.309 e. The van der Waals surface area contributed by atoms with Gasteiger partial charge in [-0.05, 0) is 31.9 Å². The van der Waals surface area contributed by atoms with Crippen molar-refractivity contribution in [3.63, 3.8) is 0 Å². The van der Waals surface area contributed by atoms with Gasteiger partial charge in [-0.15, -0.1) is 0 Å². The van der Waals surface area contributed by atoms with Gasteiger partial charge in [-0.1, -0.05) is 17.7 Å². The quantitative estimate of drug-likeness (QED) is 0.933. The first-order chi connectivity index (χ1) is 9.83. The summed E-state index contributed by atoms with van der Waals surface area (Å²) in [6, 6.07) is 4.31. The minimum atomic E-state index is -0.841. The largest absolute Gasteiger partial charge is 0.481 e. The molecule has 21 heavy (non-hydrogen) atoms. The summed E-state index contributed by atoms with van der Waals surface area (Å²) in [6.07, 6.45) is 0.702. The molecule has 0 aliphatic carbocycles. The van der Waals surface area contributed by atoms with Crippen LogP contribution in [0.1, 0.15) is 25.3 Å². The second kappa shape index (κ2) is 6.02. The van der Waals surface area contributed by atoms with Crippen LogP contribution in [0, 0.1) is 11.2 Å². The van der Waals surface area contributed by atoms with E-state index in [1.54, 1.807) is 17.9 Å². The zero-order chi connectivity index (χ0) is 15.6. The van der Waals surface area contributed by atoms with E-state index in [0.717, 1.165) is 0 Å². The molecule has 0 unspecified atom stereocenters. The van der Waals surface area contributed by atoms with Crippen molar-refractivity contribution >= 4 is 23.5 Å². The highest BCUT2D eigenvalue weighted by Crippen LogP contribution is 2.31. The Balaban J connectivity index is 2.02. The Morgan fingerprint density at radius 3 is 2.52 bits per heavy atom. The molecule has 0 bridgehead atoms. The number of aliphatic carboxylic acids is 1. The van der Waals surface area contributed by atoms with Crippen molar-refractivity contribution in [2.45, 2.75) is 26.2 Å². The van der Waals surface area contributed by atoms with Crippen molar-refractivity contribution in [1.29, 1.82) is 0 Å². The van der Waals surface area contributed by atoms with Crippen LogP contribution < -0.4 is 0 Å². The fourth-order valence-corrected chi connectivity index (χ4v) is 2.66. The van der Waals surface area contributed by atoms with E-state index in [0.29, 0.717) is 25.9 Å². The molecule has 2 rings (SSSR count). The van der Waals surface area contributed by atoms with E-state index in [-0.39, 0.29) is 22.9 Å². The van der Waals surface area contributed by atoms with Crippen LogP contribution in [-0.2, 0) is 16.0 Å². The Hall–Kier alpha value is -1.62.